The van der Waals surface area contributed by atoms with E-state index in [-0.39, 0.29) is 38.2 Å². The van der Waals surface area contributed by atoms with Crippen molar-refractivity contribution in [1.29, 1.82) is 0 Å². The molecule has 0 amide bonds. The fraction of sp³-hybridized carbons (Fsp3) is 0.0303. The molecule has 7 rings (SSSR count). The van der Waals surface area contributed by atoms with Crippen molar-refractivity contribution in [3.63, 3.8) is 0 Å². The minimum atomic E-state index is -0.611. The molecule has 0 aliphatic carbocycles. The lowest BCUT2D eigenvalue weighted by Crippen LogP contribution is -1.95. The van der Waals surface area contributed by atoms with Crippen molar-refractivity contribution >= 4 is 43.5 Å². The van der Waals surface area contributed by atoms with Gasteiger partial charge in [0.15, 0.2) is 0 Å². The smallest absolute Gasteiger partial charge is 0.135 e. The van der Waals surface area contributed by atoms with Crippen molar-refractivity contribution < 1.29 is 22.2 Å². The number of fused-ring (bicyclic) bond motifs is 5. The summed E-state index contributed by atoms with van der Waals surface area (Å²) >= 11 is 0. The standard InChI is InChI=1S/C33H22O/c1-2-10-22(11-3-1)20-29-24-12-4-6-15-27(24)33(28-16-7-5-13-25(28)29)23-18-19-32-30(21-23)26-14-8-9-17-31(26)34-32/h1-19,21H,20H2/i1D,2D,3D,4D,5D,6D,7D,10D,11D,12D,13D,15D,16D. The molecule has 1 nitrogen and oxygen atoms in total. The molecular formula is C33H22O. The van der Waals surface area contributed by atoms with Gasteiger partial charge in [-0.1, -0.05) is 103 Å². The summed E-state index contributed by atoms with van der Waals surface area (Å²) in [5, 5.41) is 1.26. The highest BCUT2D eigenvalue weighted by atomic mass is 16.3. The van der Waals surface area contributed by atoms with E-state index in [4.69, 9.17) is 22.2 Å². The lowest BCUT2D eigenvalue weighted by Gasteiger charge is -2.17. The molecule has 0 atom stereocenters. The number of hydrogen-bond acceptors (Lipinski definition) is 1. The fourth-order valence-electron chi connectivity index (χ4n) is 4.59. The zero-order valence-corrected chi connectivity index (χ0v) is 17.7. The Morgan fingerprint density at radius 2 is 1.18 bits per heavy atom. The molecule has 0 radical (unpaired) electrons. The zero-order valence-electron chi connectivity index (χ0n) is 30.7. The molecule has 0 aliphatic rings. The molecule has 0 bridgehead atoms. The van der Waals surface area contributed by atoms with Crippen LogP contribution in [0, 0.1) is 0 Å². The molecule has 0 saturated heterocycles. The molecule has 0 aliphatic heterocycles. The third-order valence-electron chi connectivity index (χ3n) is 6.05. The second kappa shape index (κ2) is 7.60. The molecule has 160 valence electrons. The fourth-order valence-corrected chi connectivity index (χ4v) is 4.59. The van der Waals surface area contributed by atoms with Crippen LogP contribution in [0.4, 0.5) is 0 Å². The van der Waals surface area contributed by atoms with Crippen LogP contribution in [0.1, 0.15) is 28.9 Å². The monoisotopic (exact) mass is 447 g/mol. The topological polar surface area (TPSA) is 13.1 Å². The third-order valence-corrected chi connectivity index (χ3v) is 6.05. The lowest BCUT2D eigenvalue weighted by molar-refractivity contribution is 0.669. The summed E-state index contributed by atoms with van der Waals surface area (Å²) in [6.07, 6.45) is -0.474. The van der Waals surface area contributed by atoms with E-state index in [1.54, 1.807) is 24.3 Å². The number of rotatable bonds is 3. The molecule has 1 heterocycles. The third kappa shape index (κ3) is 2.94. The summed E-state index contributed by atoms with van der Waals surface area (Å²) in [7, 11) is 0. The van der Waals surface area contributed by atoms with Crippen LogP contribution in [0.5, 0.6) is 0 Å². The van der Waals surface area contributed by atoms with Gasteiger partial charge in [-0.2, -0.15) is 0 Å². The van der Waals surface area contributed by atoms with Gasteiger partial charge in [0, 0.05) is 10.8 Å². The number of para-hydroxylation sites is 1. The van der Waals surface area contributed by atoms with Crippen LogP contribution in [0.3, 0.4) is 0 Å². The van der Waals surface area contributed by atoms with E-state index in [9.17, 15) is 0 Å². The van der Waals surface area contributed by atoms with Gasteiger partial charge in [0.05, 0.1) is 17.8 Å². The highest BCUT2D eigenvalue weighted by Crippen LogP contribution is 2.41. The lowest BCUT2D eigenvalue weighted by atomic mass is 9.86. The van der Waals surface area contributed by atoms with Gasteiger partial charge in [0.2, 0.25) is 0 Å². The van der Waals surface area contributed by atoms with Crippen LogP contribution in [-0.4, -0.2) is 0 Å². The van der Waals surface area contributed by atoms with Crippen molar-refractivity contribution in [2.75, 3.05) is 0 Å². The summed E-state index contributed by atoms with van der Waals surface area (Å²) in [6.45, 7) is 0. The number of hydrogen-bond donors (Lipinski definition) is 0. The minimum Gasteiger partial charge on any atom is -0.456 e. The van der Waals surface area contributed by atoms with Crippen LogP contribution >= 0.6 is 0 Å². The van der Waals surface area contributed by atoms with E-state index < -0.39 is 85.0 Å². The first-order chi connectivity index (χ1) is 22.3. The maximum absolute atomic E-state index is 9.07. The predicted molar refractivity (Wildman–Crippen MR) is 143 cm³/mol. The first-order valence-electron chi connectivity index (χ1n) is 17.2. The molecule has 0 unspecified atom stereocenters. The molecule has 1 aromatic heterocycles. The summed E-state index contributed by atoms with van der Waals surface area (Å²) in [5.74, 6) is 0. The molecule has 34 heavy (non-hydrogen) atoms. The van der Waals surface area contributed by atoms with E-state index >= 15 is 0 Å². The SMILES string of the molecule is [2H]c1c([2H])c([2H])c(Cc2c3c([2H])c([2H])c([2H])c([2H])c3c(-c3ccc4oc5ccccc5c4c3)c3c([2H])c([2H])c([2H])c([2H])c23)c([2H])c1[2H]. The van der Waals surface area contributed by atoms with E-state index in [1.807, 2.05) is 18.2 Å². The van der Waals surface area contributed by atoms with E-state index in [2.05, 4.69) is 0 Å². The van der Waals surface area contributed by atoms with Crippen LogP contribution in [0.2, 0.25) is 0 Å². The van der Waals surface area contributed by atoms with E-state index in [1.165, 1.54) is 0 Å². The van der Waals surface area contributed by atoms with Gasteiger partial charge in [-0.3, -0.25) is 0 Å². The van der Waals surface area contributed by atoms with Crippen molar-refractivity contribution in [2.45, 2.75) is 6.42 Å². The number of furan rings is 1. The van der Waals surface area contributed by atoms with E-state index in [0.717, 1.165) is 5.39 Å². The quantitative estimate of drug-likeness (QED) is 0.246. The Morgan fingerprint density at radius 3 is 1.91 bits per heavy atom. The molecule has 0 spiro atoms. The van der Waals surface area contributed by atoms with Crippen molar-refractivity contribution in [1.82, 2.24) is 0 Å². The second-order valence-corrected chi connectivity index (χ2v) is 7.94. The Labute approximate surface area is 216 Å². The molecule has 7 aromatic rings. The average Bonchev–Trinajstić information content (AvgIpc) is 3.45. The first kappa shape index (κ1) is 10.3. The Bertz CT molecular complexity index is 2430. The predicted octanol–water partition coefficient (Wildman–Crippen LogP) is 9.15. The van der Waals surface area contributed by atoms with Crippen molar-refractivity contribution in [3.05, 3.63) is 132 Å². The Morgan fingerprint density at radius 1 is 0.559 bits per heavy atom. The van der Waals surface area contributed by atoms with E-state index in [0.29, 0.717) is 22.1 Å². The zero-order chi connectivity index (χ0) is 33.8. The average molecular weight is 448 g/mol. The van der Waals surface area contributed by atoms with Crippen LogP contribution in [0.15, 0.2) is 125 Å². The van der Waals surface area contributed by atoms with Gasteiger partial charge in [-0.15, -0.1) is 0 Å². The maximum atomic E-state index is 9.07. The highest BCUT2D eigenvalue weighted by molar-refractivity contribution is 6.16. The van der Waals surface area contributed by atoms with Crippen LogP contribution < -0.4 is 0 Å². The summed E-state index contributed by atoms with van der Waals surface area (Å²) < 4.78 is 118. The van der Waals surface area contributed by atoms with Crippen LogP contribution in [0.25, 0.3) is 54.6 Å². The molecule has 0 fully saturated rings. The van der Waals surface area contributed by atoms with Gasteiger partial charge in [0.1, 0.15) is 11.2 Å². The Kier molecular flexibility index (Phi) is 2.30. The van der Waals surface area contributed by atoms with Gasteiger partial charge < -0.3 is 4.42 Å². The van der Waals surface area contributed by atoms with Gasteiger partial charge >= 0.3 is 0 Å². The largest absolute Gasteiger partial charge is 0.456 e. The first-order valence-corrected chi connectivity index (χ1v) is 10.7. The molecule has 0 saturated carbocycles. The normalized spacial score (nSPS) is 17.0. The summed E-state index contributed by atoms with van der Waals surface area (Å²) in [4.78, 5) is 0. The minimum absolute atomic E-state index is 0.00822. The molecule has 1 heteroatoms. The van der Waals surface area contributed by atoms with Crippen LogP contribution in [-0.2, 0) is 6.42 Å². The van der Waals surface area contributed by atoms with Crippen molar-refractivity contribution in [3.8, 4) is 11.1 Å². The maximum Gasteiger partial charge on any atom is 0.135 e. The Hall–Kier alpha value is -4.36. The number of benzene rings is 6. The van der Waals surface area contributed by atoms with Gasteiger partial charge in [0.25, 0.3) is 0 Å². The summed E-state index contributed by atoms with van der Waals surface area (Å²) in [5.41, 5.74) is 1.52. The summed E-state index contributed by atoms with van der Waals surface area (Å²) in [6, 6.07) is 5.39. The van der Waals surface area contributed by atoms with Gasteiger partial charge in [-0.05, 0) is 68.4 Å². The molecule has 0 N–H and O–H groups in total. The highest BCUT2D eigenvalue weighted by Gasteiger charge is 2.16. The van der Waals surface area contributed by atoms with Gasteiger partial charge in [-0.25, -0.2) is 0 Å². The molecule has 6 aromatic carbocycles. The van der Waals surface area contributed by atoms with Crippen molar-refractivity contribution in [2.24, 2.45) is 0 Å². The Balaban J connectivity index is 1.74. The second-order valence-electron chi connectivity index (χ2n) is 7.94. The molecular weight excluding hydrogens is 412 g/mol.